The monoisotopic (exact) mass is 1080 g/mol. The lowest BCUT2D eigenvalue weighted by Crippen LogP contribution is -2.60. The Kier molecular flexibility index (Phi) is 15.4. The van der Waals surface area contributed by atoms with Crippen molar-refractivity contribution < 1.29 is 41.8 Å². The molecular weight excluding hydrogens is 1020 g/mol. The minimum Gasteiger partial charge on any atom is -0.497 e. The number of nitro groups is 1. The second-order valence-corrected chi connectivity index (χ2v) is 23.4. The van der Waals surface area contributed by atoms with Gasteiger partial charge in [0.05, 0.1) is 36.3 Å². The highest BCUT2D eigenvalue weighted by atomic mass is 32.2. The first kappa shape index (κ1) is 54.1. The normalized spacial score (nSPS) is 21.0. The summed E-state index contributed by atoms with van der Waals surface area (Å²) in [5, 5.41) is 25.7. The molecule has 0 unspecified atom stereocenters. The van der Waals surface area contributed by atoms with E-state index in [1.165, 1.54) is 35.9 Å². The summed E-state index contributed by atoms with van der Waals surface area (Å²) in [7, 11) is -1.71. The van der Waals surface area contributed by atoms with Crippen LogP contribution in [0.4, 0.5) is 21.6 Å². The number of aromatic amines is 1. The number of piperazine rings is 1. The lowest BCUT2D eigenvalue weighted by molar-refractivity contribution is -0.384. The smallest absolute Gasteiger partial charge is 0.312 e. The molecule has 2 saturated heterocycles. The first-order valence-electron chi connectivity index (χ1n) is 26.6. The number of rotatable bonds is 17. The number of halogens is 1. The van der Waals surface area contributed by atoms with Crippen molar-refractivity contribution in [1.29, 1.82) is 0 Å². The van der Waals surface area contributed by atoms with E-state index in [1.807, 2.05) is 16.9 Å². The maximum Gasteiger partial charge on any atom is 0.312 e. The molecule has 10 rings (SSSR count). The molecule has 20 heteroatoms. The average Bonchev–Trinajstić information content (AvgIpc) is 3.96. The summed E-state index contributed by atoms with van der Waals surface area (Å²) < 4.78 is 62.1. The summed E-state index contributed by atoms with van der Waals surface area (Å²) >= 11 is 0. The number of piperidine rings is 1. The van der Waals surface area contributed by atoms with Crippen LogP contribution in [0.25, 0.3) is 11.0 Å². The van der Waals surface area contributed by atoms with Crippen molar-refractivity contribution in [2.24, 2.45) is 11.3 Å². The zero-order valence-electron chi connectivity index (χ0n) is 44.3. The fourth-order valence-corrected chi connectivity index (χ4v) is 12.9. The van der Waals surface area contributed by atoms with Gasteiger partial charge in [-0.15, -0.1) is 6.42 Å². The number of terminal acetylenes is 1. The number of sulfonamides is 1. The van der Waals surface area contributed by atoms with Crippen LogP contribution in [-0.2, 0) is 16.6 Å². The Morgan fingerprint density at radius 2 is 1.73 bits per heavy atom. The first-order valence-corrected chi connectivity index (χ1v) is 28.1. The van der Waals surface area contributed by atoms with Gasteiger partial charge in [-0.05, 0) is 110 Å². The zero-order chi connectivity index (χ0) is 54.9. The van der Waals surface area contributed by atoms with Crippen LogP contribution < -0.4 is 29.1 Å². The van der Waals surface area contributed by atoms with Gasteiger partial charge >= 0.3 is 5.69 Å². The fourth-order valence-electron chi connectivity index (χ4n) is 12.0. The lowest BCUT2D eigenvalue weighted by Gasteiger charge is -2.58. The molecule has 78 heavy (non-hydrogen) atoms. The molecule has 6 aromatic rings. The van der Waals surface area contributed by atoms with Gasteiger partial charge in [0.15, 0.2) is 5.75 Å². The third-order valence-electron chi connectivity index (χ3n) is 16.6. The van der Waals surface area contributed by atoms with E-state index < -0.39 is 42.9 Å². The van der Waals surface area contributed by atoms with Gasteiger partial charge < -0.3 is 34.5 Å². The minimum absolute atomic E-state index is 0.0218. The fraction of sp³-hybridized carbons (Fsp3) is 0.431. The number of pyridine rings is 2. The van der Waals surface area contributed by atoms with E-state index in [2.05, 4.69) is 91.1 Å². The van der Waals surface area contributed by atoms with Crippen molar-refractivity contribution in [1.82, 2.24) is 29.5 Å². The van der Waals surface area contributed by atoms with Gasteiger partial charge in [0, 0.05) is 88.0 Å². The number of ether oxygens (including phenoxy) is 3. The molecule has 4 fully saturated rings. The largest absolute Gasteiger partial charge is 0.497 e. The summed E-state index contributed by atoms with van der Waals surface area (Å²) in [6.07, 6.45) is 13.5. The molecule has 0 bridgehead atoms. The number of H-pyrrole nitrogens is 1. The number of aliphatic hydroxyl groups is 1. The number of nitrogens with one attached hydrogen (secondary N) is 3. The number of anilines is 2. The predicted molar refractivity (Wildman–Crippen MR) is 294 cm³/mol. The van der Waals surface area contributed by atoms with E-state index in [0.717, 1.165) is 94.8 Å². The van der Waals surface area contributed by atoms with Crippen molar-refractivity contribution in [2.45, 2.75) is 100 Å². The van der Waals surface area contributed by atoms with Crippen molar-refractivity contribution >= 4 is 44.2 Å². The number of carbonyl (C=O) groups excluding carboxylic acids is 1. The Morgan fingerprint density at radius 1 is 0.987 bits per heavy atom. The van der Waals surface area contributed by atoms with Crippen LogP contribution in [0.15, 0.2) is 96.2 Å². The van der Waals surface area contributed by atoms with E-state index in [9.17, 15) is 32.8 Å². The first-order chi connectivity index (χ1) is 37.5. The van der Waals surface area contributed by atoms with Crippen molar-refractivity contribution in [2.75, 3.05) is 63.7 Å². The van der Waals surface area contributed by atoms with E-state index in [4.69, 9.17) is 20.6 Å². The number of nitrogens with zero attached hydrogens (tertiary/aromatic N) is 6. The molecule has 1 spiro atoms. The van der Waals surface area contributed by atoms with Crippen LogP contribution in [0.1, 0.15) is 104 Å². The second-order valence-electron chi connectivity index (χ2n) is 21.7. The highest BCUT2D eigenvalue weighted by molar-refractivity contribution is 7.90. The van der Waals surface area contributed by atoms with Crippen molar-refractivity contribution in [3.8, 4) is 35.5 Å². The number of benzene rings is 3. The average molecular weight is 1080 g/mol. The third kappa shape index (κ3) is 11.3. The molecule has 2 saturated carbocycles. The number of carbonyl (C=O) groups is 1. The Labute approximate surface area is 453 Å². The number of fused-ring (bicyclic) bond motifs is 1. The van der Waals surface area contributed by atoms with Crippen LogP contribution in [0.3, 0.4) is 0 Å². The maximum atomic E-state index is 14.9. The summed E-state index contributed by atoms with van der Waals surface area (Å²) in [5.41, 5.74) is 3.14. The standard InChI is InChI=1S/C58H66FN9O9S/c1-6-58(70)19-17-38(18-20-58)32-60-54-49(68(71)72)28-43(33-61-54)78(73,74)64-55(69)46-16-13-40(27-51(46)77-52-29-47-48(59)34-62-53(47)63-56(52)76-5)66-23-21-57(22-24-66)30-41(31-57)67-26-25-65(35-39-11-14-42(75-4)15-12-39)36-50(67)45-10-8-7-9-44(45)37(2)3/h1,7-16,27-29,33-34,37-38,41,50,70H,17-26,30-32,35-36H2,2-5H3,(H,60,61)(H,62,63)(H,64,69)/t38?,50-,58?/m0/s1. The lowest BCUT2D eigenvalue weighted by atomic mass is 9.59. The molecular formula is C58H66FN9O9S. The molecule has 0 radical (unpaired) electrons. The Hall–Kier alpha value is -7.31. The molecule has 3 aromatic heterocycles. The Balaban J connectivity index is 0.853. The molecule has 5 heterocycles. The van der Waals surface area contributed by atoms with Crippen LogP contribution >= 0.6 is 0 Å². The SMILES string of the molecule is C#CC1(O)CCC(CNc2ncc(S(=O)(=O)NC(=O)c3ccc(N4CCC5(CC4)CC(N4CCN(Cc6ccc(OC)cc6)C[C@H]4c4ccccc4C(C)C)C5)cc3Oc3cc4c(F)c[nH]c4nc3OC)cc2[N+](=O)[O-])CC1. The molecule has 2 aliphatic heterocycles. The van der Waals surface area contributed by atoms with E-state index >= 15 is 0 Å². The van der Waals surface area contributed by atoms with E-state index in [0.29, 0.717) is 37.6 Å². The van der Waals surface area contributed by atoms with Gasteiger partial charge in [-0.25, -0.2) is 22.5 Å². The van der Waals surface area contributed by atoms with Gasteiger partial charge in [0.2, 0.25) is 5.82 Å². The molecule has 410 valence electrons. The molecule has 18 nitrogen and oxygen atoms in total. The third-order valence-corrected chi connectivity index (χ3v) is 17.8. The molecule has 4 aliphatic rings. The van der Waals surface area contributed by atoms with Gasteiger partial charge in [-0.2, -0.15) is 4.98 Å². The van der Waals surface area contributed by atoms with Crippen LogP contribution in [-0.4, -0.2) is 114 Å². The number of methoxy groups -OCH3 is 2. The minimum atomic E-state index is -4.76. The van der Waals surface area contributed by atoms with Crippen LogP contribution in [0, 0.1) is 39.6 Å². The maximum absolute atomic E-state index is 14.9. The van der Waals surface area contributed by atoms with Crippen molar-refractivity contribution in [3.63, 3.8) is 0 Å². The van der Waals surface area contributed by atoms with E-state index in [-0.39, 0.29) is 63.7 Å². The van der Waals surface area contributed by atoms with Crippen LogP contribution in [0.5, 0.6) is 23.1 Å². The quantitative estimate of drug-likeness (QED) is 0.0380. The highest BCUT2D eigenvalue weighted by Crippen LogP contribution is 2.53. The van der Waals surface area contributed by atoms with Crippen molar-refractivity contribution in [3.05, 3.63) is 129 Å². The van der Waals surface area contributed by atoms with Gasteiger partial charge in [0.1, 0.15) is 33.5 Å². The molecule has 4 N–H and O–H groups in total. The molecule has 1 atom stereocenters. The van der Waals surface area contributed by atoms with Crippen LogP contribution in [0.2, 0.25) is 0 Å². The topological polar surface area (TPSA) is 218 Å². The zero-order valence-corrected chi connectivity index (χ0v) is 45.2. The predicted octanol–water partition coefficient (Wildman–Crippen LogP) is 9.33. The highest BCUT2D eigenvalue weighted by Gasteiger charge is 2.50. The number of hydrogen-bond acceptors (Lipinski definition) is 15. The van der Waals surface area contributed by atoms with Gasteiger partial charge in [0.25, 0.3) is 21.8 Å². The van der Waals surface area contributed by atoms with Gasteiger partial charge in [-0.1, -0.05) is 56.2 Å². The number of hydrogen-bond donors (Lipinski definition) is 4. The summed E-state index contributed by atoms with van der Waals surface area (Å²) in [6.45, 7) is 10.0. The molecule has 3 aromatic carbocycles. The number of amides is 1. The Morgan fingerprint density at radius 3 is 2.42 bits per heavy atom. The van der Waals surface area contributed by atoms with Gasteiger partial charge in [-0.3, -0.25) is 24.7 Å². The Bertz CT molecular complexity index is 3340. The second kappa shape index (κ2) is 22.2. The summed E-state index contributed by atoms with van der Waals surface area (Å²) in [5.74, 6) is 1.74. The molecule has 1 amide bonds. The summed E-state index contributed by atoms with van der Waals surface area (Å²) in [4.78, 5) is 43.9. The summed E-state index contributed by atoms with van der Waals surface area (Å²) in [6, 6.07) is 25.0. The van der Waals surface area contributed by atoms with E-state index in [1.54, 1.807) is 19.2 Å². The molecule has 2 aliphatic carbocycles. The number of aromatic nitrogens is 3.